The smallest absolute Gasteiger partial charge is 0.120 e. The molecule has 0 saturated carbocycles. The second kappa shape index (κ2) is 8.33. The molecule has 0 aromatic carbocycles. The highest BCUT2D eigenvalue weighted by molar-refractivity contribution is 5.19. The summed E-state index contributed by atoms with van der Waals surface area (Å²) in [6.07, 6.45) is 3.87. The summed E-state index contributed by atoms with van der Waals surface area (Å²) >= 11 is 0. The van der Waals surface area contributed by atoms with Crippen molar-refractivity contribution in [3.63, 3.8) is 0 Å². The Kier molecular flexibility index (Phi) is 7.06. The fourth-order valence-corrected chi connectivity index (χ4v) is 2.06. The van der Waals surface area contributed by atoms with Crippen LogP contribution >= 0.6 is 0 Å². The minimum Gasteiger partial charge on any atom is -0.463 e. The van der Waals surface area contributed by atoms with Gasteiger partial charge in [-0.3, -0.25) is 4.90 Å². The lowest BCUT2D eigenvalue weighted by Crippen LogP contribution is -2.18. The molecular weight excluding hydrogens is 224 g/mol. The van der Waals surface area contributed by atoms with Gasteiger partial charge in [-0.05, 0) is 45.1 Å². The van der Waals surface area contributed by atoms with Crippen molar-refractivity contribution in [3.05, 3.63) is 23.2 Å². The van der Waals surface area contributed by atoms with E-state index >= 15 is 0 Å². The first kappa shape index (κ1) is 15.3. The van der Waals surface area contributed by atoms with Crippen LogP contribution in [-0.2, 0) is 13.1 Å². The average Bonchev–Trinajstić information content (AvgIpc) is 2.67. The summed E-state index contributed by atoms with van der Waals surface area (Å²) in [6.45, 7) is 10.3. The number of hydrogen-bond donors (Lipinski definition) is 1. The standard InChI is InChI=1S/C15H28N2O/c1-5-7-8-9-17(4)12-14-10-13(3)15(18-14)11-16-6-2/h10,16H,5-9,11-12H2,1-4H3. The highest BCUT2D eigenvalue weighted by atomic mass is 16.3. The number of hydrogen-bond acceptors (Lipinski definition) is 3. The zero-order chi connectivity index (χ0) is 13.4. The largest absolute Gasteiger partial charge is 0.463 e. The molecule has 1 rings (SSSR count). The Morgan fingerprint density at radius 3 is 2.72 bits per heavy atom. The lowest BCUT2D eigenvalue weighted by molar-refractivity contribution is 0.284. The van der Waals surface area contributed by atoms with E-state index in [2.05, 4.69) is 44.1 Å². The van der Waals surface area contributed by atoms with E-state index in [1.807, 2.05) is 0 Å². The molecule has 3 heteroatoms. The molecular formula is C15H28N2O. The number of nitrogens with one attached hydrogen (secondary N) is 1. The van der Waals surface area contributed by atoms with Crippen LogP contribution in [-0.4, -0.2) is 25.0 Å². The van der Waals surface area contributed by atoms with Gasteiger partial charge in [0.2, 0.25) is 0 Å². The molecule has 1 aromatic heterocycles. The van der Waals surface area contributed by atoms with E-state index in [0.29, 0.717) is 0 Å². The summed E-state index contributed by atoms with van der Waals surface area (Å²) in [4.78, 5) is 2.34. The van der Waals surface area contributed by atoms with Crippen molar-refractivity contribution in [2.24, 2.45) is 0 Å². The van der Waals surface area contributed by atoms with Gasteiger partial charge in [0.05, 0.1) is 13.1 Å². The van der Waals surface area contributed by atoms with Crippen molar-refractivity contribution in [3.8, 4) is 0 Å². The third-order valence-corrected chi connectivity index (χ3v) is 3.18. The molecule has 0 bridgehead atoms. The fourth-order valence-electron chi connectivity index (χ4n) is 2.06. The Labute approximate surface area is 112 Å². The van der Waals surface area contributed by atoms with E-state index in [9.17, 15) is 0 Å². The Hall–Kier alpha value is -0.800. The molecule has 104 valence electrons. The molecule has 0 unspecified atom stereocenters. The van der Waals surface area contributed by atoms with Crippen molar-refractivity contribution in [1.29, 1.82) is 0 Å². The highest BCUT2D eigenvalue weighted by Crippen LogP contribution is 2.16. The molecule has 0 fully saturated rings. The number of furan rings is 1. The number of unbranched alkanes of at least 4 members (excludes halogenated alkanes) is 2. The number of nitrogens with zero attached hydrogens (tertiary/aromatic N) is 1. The Morgan fingerprint density at radius 2 is 2.06 bits per heavy atom. The van der Waals surface area contributed by atoms with Crippen LogP contribution in [0.2, 0.25) is 0 Å². The van der Waals surface area contributed by atoms with Crippen LogP contribution in [0, 0.1) is 6.92 Å². The van der Waals surface area contributed by atoms with Crippen LogP contribution in [0.3, 0.4) is 0 Å². The van der Waals surface area contributed by atoms with Gasteiger partial charge in [-0.2, -0.15) is 0 Å². The van der Waals surface area contributed by atoms with Gasteiger partial charge in [-0.1, -0.05) is 26.7 Å². The summed E-state index contributed by atoms with van der Waals surface area (Å²) in [7, 11) is 2.16. The van der Waals surface area contributed by atoms with Crippen LogP contribution in [0.25, 0.3) is 0 Å². The summed E-state index contributed by atoms with van der Waals surface area (Å²) in [5.41, 5.74) is 1.26. The van der Waals surface area contributed by atoms with Gasteiger partial charge in [0, 0.05) is 0 Å². The molecule has 1 aromatic rings. The second-order valence-electron chi connectivity index (χ2n) is 5.04. The molecule has 0 amide bonds. The van der Waals surface area contributed by atoms with Crippen molar-refractivity contribution in [2.45, 2.75) is 53.1 Å². The summed E-state index contributed by atoms with van der Waals surface area (Å²) in [5.74, 6) is 2.16. The van der Waals surface area contributed by atoms with Crippen molar-refractivity contribution < 1.29 is 4.42 Å². The van der Waals surface area contributed by atoms with Gasteiger partial charge >= 0.3 is 0 Å². The lowest BCUT2D eigenvalue weighted by atomic mass is 10.2. The molecule has 18 heavy (non-hydrogen) atoms. The van der Waals surface area contributed by atoms with Gasteiger partial charge < -0.3 is 9.73 Å². The third-order valence-electron chi connectivity index (χ3n) is 3.18. The lowest BCUT2D eigenvalue weighted by Gasteiger charge is -2.14. The molecule has 1 heterocycles. The van der Waals surface area contributed by atoms with Crippen LogP contribution in [0.15, 0.2) is 10.5 Å². The zero-order valence-electron chi connectivity index (χ0n) is 12.4. The Morgan fingerprint density at radius 1 is 1.28 bits per heavy atom. The SMILES string of the molecule is CCCCCN(C)Cc1cc(C)c(CNCC)o1. The normalized spacial score (nSPS) is 11.4. The maximum atomic E-state index is 5.89. The van der Waals surface area contributed by atoms with Gasteiger partial charge in [0.25, 0.3) is 0 Å². The van der Waals surface area contributed by atoms with Crippen LogP contribution in [0.4, 0.5) is 0 Å². The highest BCUT2D eigenvalue weighted by Gasteiger charge is 2.09. The minimum absolute atomic E-state index is 0.835. The van der Waals surface area contributed by atoms with Gasteiger partial charge in [-0.25, -0.2) is 0 Å². The topological polar surface area (TPSA) is 28.4 Å². The average molecular weight is 252 g/mol. The molecule has 0 spiro atoms. The molecule has 1 N–H and O–H groups in total. The van der Waals surface area contributed by atoms with Crippen molar-refractivity contribution in [1.82, 2.24) is 10.2 Å². The molecule has 3 nitrogen and oxygen atoms in total. The number of rotatable bonds is 9. The van der Waals surface area contributed by atoms with Crippen LogP contribution in [0.1, 0.15) is 50.2 Å². The van der Waals surface area contributed by atoms with Crippen molar-refractivity contribution in [2.75, 3.05) is 20.1 Å². The first-order valence-electron chi connectivity index (χ1n) is 7.14. The third kappa shape index (κ3) is 5.23. The van der Waals surface area contributed by atoms with Gasteiger partial charge in [-0.15, -0.1) is 0 Å². The maximum Gasteiger partial charge on any atom is 0.120 e. The quantitative estimate of drug-likeness (QED) is 0.683. The van der Waals surface area contributed by atoms with Gasteiger partial charge in [0.15, 0.2) is 0 Å². The monoisotopic (exact) mass is 252 g/mol. The van der Waals surface area contributed by atoms with Crippen LogP contribution in [0.5, 0.6) is 0 Å². The van der Waals surface area contributed by atoms with E-state index in [1.165, 1.54) is 24.8 Å². The Bertz CT molecular complexity index is 333. The Balaban J connectivity index is 2.41. The molecule has 0 radical (unpaired) electrons. The van der Waals surface area contributed by atoms with E-state index in [4.69, 9.17) is 4.42 Å². The van der Waals surface area contributed by atoms with E-state index in [-0.39, 0.29) is 0 Å². The zero-order valence-corrected chi connectivity index (χ0v) is 12.4. The fraction of sp³-hybridized carbons (Fsp3) is 0.733. The first-order valence-corrected chi connectivity index (χ1v) is 7.14. The second-order valence-corrected chi connectivity index (χ2v) is 5.04. The molecule has 0 aliphatic carbocycles. The molecule has 0 saturated heterocycles. The van der Waals surface area contributed by atoms with Gasteiger partial charge in [0.1, 0.15) is 11.5 Å². The van der Waals surface area contributed by atoms with Crippen LogP contribution < -0.4 is 5.32 Å². The molecule has 0 aliphatic rings. The van der Waals surface area contributed by atoms with E-state index in [0.717, 1.165) is 37.7 Å². The summed E-state index contributed by atoms with van der Waals surface area (Å²) in [6, 6.07) is 2.17. The predicted octanol–water partition coefficient (Wildman–Crippen LogP) is 3.32. The van der Waals surface area contributed by atoms with E-state index < -0.39 is 0 Å². The van der Waals surface area contributed by atoms with E-state index in [1.54, 1.807) is 0 Å². The van der Waals surface area contributed by atoms with Crippen molar-refractivity contribution >= 4 is 0 Å². The molecule has 0 atom stereocenters. The molecule has 0 aliphatic heterocycles. The first-order chi connectivity index (χ1) is 8.67. The summed E-state index contributed by atoms with van der Waals surface area (Å²) in [5, 5.41) is 3.31. The predicted molar refractivity (Wildman–Crippen MR) is 76.7 cm³/mol. The number of aryl methyl sites for hydroxylation is 1. The summed E-state index contributed by atoms with van der Waals surface area (Å²) < 4.78 is 5.89. The maximum absolute atomic E-state index is 5.89. The minimum atomic E-state index is 0.835.